The summed E-state index contributed by atoms with van der Waals surface area (Å²) in [6.45, 7) is 1.84. The van der Waals surface area contributed by atoms with E-state index in [0.29, 0.717) is 11.0 Å². The Bertz CT molecular complexity index is 434. The molecular formula is C7H7ClN4. The lowest BCUT2D eigenvalue weighted by atomic mass is 10.5. The molecule has 2 N–H and O–H groups in total. The fourth-order valence-corrected chi connectivity index (χ4v) is 1.21. The van der Waals surface area contributed by atoms with E-state index in [1.807, 2.05) is 6.92 Å². The van der Waals surface area contributed by atoms with Crippen LogP contribution < -0.4 is 5.73 Å². The van der Waals surface area contributed by atoms with E-state index in [1.54, 1.807) is 16.8 Å². The van der Waals surface area contributed by atoms with Crippen molar-refractivity contribution in [1.29, 1.82) is 0 Å². The number of rotatable bonds is 0. The van der Waals surface area contributed by atoms with Crippen molar-refractivity contribution in [2.24, 2.45) is 0 Å². The first-order valence-corrected chi connectivity index (χ1v) is 3.82. The molecule has 0 radical (unpaired) electrons. The third-order valence-electron chi connectivity index (χ3n) is 1.70. The maximum atomic E-state index is 5.72. The van der Waals surface area contributed by atoms with Crippen LogP contribution in [0.3, 0.4) is 0 Å². The lowest BCUT2D eigenvalue weighted by Crippen LogP contribution is -1.94. The van der Waals surface area contributed by atoms with Gasteiger partial charge < -0.3 is 5.73 Å². The van der Waals surface area contributed by atoms with Gasteiger partial charge in [-0.25, -0.2) is 9.97 Å². The van der Waals surface area contributed by atoms with Crippen LogP contribution in [-0.2, 0) is 0 Å². The maximum absolute atomic E-state index is 5.72. The molecule has 12 heavy (non-hydrogen) atoms. The average molecular weight is 183 g/mol. The summed E-state index contributed by atoms with van der Waals surface area (Å²) in [4.78, 5) is 8.06. The number of aromatic nitrogens is 3. The van der Waals surface area contributed by atoms with Crippen LogP contribution >= 0.6 is 11.6 Å². The average Bonchev–Trinajstić information content (AvgIpc) is 2.31. The van der Waals surface area contributed by atoms with E-state index in [-0.39, 0.29) is 0 Å². The monoisotopic (exact) mass is 182 g/mol. The van der Waals surface area contributed by atoms with Crippen LogP contribution in [0.2, 0.25) is 5.15 Å². The van der Waals surface area contributed by atoms with Gasteiger partial charge in [-0.1, -0.05) is 11.6 Å². The second-order valence-corrected chi connectivity index (χ2v) is 2.91. The number of aryl methyl sites for hydroxylation is 1. The molecule has 0 aliphatic rings. The molecule has 0 fully saturated rings. The first-order valence-electron chi connectivity index (χ1n) is 3.44. The molecule has 0 aromatic carbocycles. The zero-order chi connectivity index (χ0) is 8.72. The number of halogens is 1. The molecule has 5 heteroatoms. The van der Waals surface area contributed by atoms with Gasteiger partial charge in [-0.05, 0) is 6.92 Å². The molecule has 0 spiro atoms. The van der Waals surface area contributed by atoms with Crippen molar-refractivity contribution in [3.05, 3.63) is 23.2 Å². The number of fused-ring (bicyclic) bond motifs is 1. The zero-order valence-corrected chi connectivity index (χ0v) is 7.21. The minimum Gasteiger partial charge on any atom is -0.383 e. The Morgan fingerprint density at radius 1 is 1.58 bits per heavy atom. The molecule has 0 atom stereocenters. The van der Waals surface area contributed by atoms with Crippen molar-refractivity contribution < 1.29 is 0 Å². The Kier molecular flexibility index (Phi) is 1.44. The van der Waals surface area contributed by atoms with Gasteiger partial charge in [0.25, 0.3) is 0 Å². The Balaban J connectivity index is 2.88. The number of hydrogen-bond acceptors (Lipinski definition) is 3. The molecule has 2 rings (SSSR count). The van der Waals surface area contributed by atoms with E-state index in [1.165, 1.54) is 0 Å². The van der Waals surface area contributed by atoms with Gasteiger partial charge >= 0.3 is 0 Å². The molecule has 0 bridgehead atoms. The van der Waals surface area contributed by atoms with Crippen LogP contribution in [0.1, 0.15) is 5.69 Å². The van der Waals surface area contributed by atoms with Crippen LogP contribution in [0.15, 0.2) is 12.4 Å². The summed E-state index contributed by atoms with van der Waals surface area (Å²) in [7, 11) is 0. The quantitative estimate of drug-likeness (QED) is 0.668. The number of nitrogen functional groups attached to an aromatic ring is 1. The summed E-state index contributed by atoms with van der Waals surface area (Å²) >= 11 is 5.68. The molecule has 2 aromatic rings. The van der Waals surface area contributed by atoms with Crippen molar-refractivity contribution in [3.63, 3.8) is 0 Å². The molecule has 62 valence electrons. The third kappa shape index (κ3) is 0.921. The first-order chi connectivity index (χ1) is 5.68. The van der Waals surface area contributed by atoms with Gasteiger partial charge in [-0.15, -0.1) is 0 Å². The molecule has 4 nitrogen and oxygen atoms in total. The number of nitrogens with two attached hydrogens (primary N) is 1. The van der Waals surface area contributed by atoms with Crippen LogP contribution in [0.4, 0.5) is 5.82 Å². The van der Waals surface area contributed by atoms with Gasteiger partial charge in [0, 0.05) is 6.20 Å². The van der Waals surface area contributed by atoms with Gasteiger partial charge in [-0.3, -0.25) is 4.40 Å². The number of imidazole rings is 1. The van der Waals surface area contributed by atoms with E-state index in [9.17, 15) is 0 Å². The highest BCUT2D eigenvalue weighted by atomic mass is 35.5. The van der Waals surface area contributed by atoms with E-state index >= 15 is 0 Å². The predicted molar refractivity (Wildman–Crippen MR) is 47.1 cm³/mol. The summed E-state index contributed by atoms with van der Waals surface area (Å²) in [5.74, 6) is 0.606. The van der Waals surface area contributed by atoms with Crippen molar-refractivity contribution >= 4 is 23.1 Å². The summed E-state index contributed by atoms with van der Waals surface area (Å²) in [6, 6.07) is 0. The molecule has 0 unspecified atom stereocenters. The minimum absolute atomic E-state index is 0.409. The smallest absolute Gasteiger partial charge is 0.157 e. The lowest BCUT2D eigenvalue weighted by molar-refractivity contribution is 1.13. The maximum Gasteiger partial charge on any atom is 0.157 e. The molecular weight excluding hydrogens is 176 g/mol. The van der Waals surface area contributed by atoms with E-state index in [2.05, 4.69) is 9.97 Å². The van der Waals surface area contributed by atoms with Gasteiger partial charge in [0.05, 0.1) is 11.9 Å². The predicted octanol–water partition coefficient (Wildman–Crippen LogP) is 1.27. The SMILES string of the molecule is Cc1nc2cnc(Cl)cn2c1N. The summed E-state index contributed by atoms with van der Waals surface area (Å²) in [5, 5.41) is 0.409. The Labute approximate surface area is 74.0 Å². The van der Waals surface area contributed by atoms with Crippen molar-refractivity contribution in [2.75, 3.05) is 5.73 Å². The normalized spacial score (nSPS) is 10.8. The van der Waals surface area contributed by atoms with Crippen molar-refractivity contribution in [1.82, 2.24) is 14.4 Å². The van der Waals surface area contributed by atoms with Gasteiger partial charge in [0.15, 0.2) is 5.65 Å². The number of hydrogen-bond donors (Lipinski definition) is 1. The molecule has 0 saturated carbocycles. The Hall–Kier alpha value is -1.29. The topological polar surface area (TPSA) is 56.2 Å². The molecule has 2 aromatic heterocycles. The van der Waals surface area contributed by atoms with Crippen LogP contribution in [0.25, 0.3) is 5.65 Å². The highest BCUT2D eigenvalue weighted by molar-refractivity contribution is 6.29. The van der Waals surface area contributed by atoms with Crippen LogP contribution in [-0.4, -0.2) is 14.4 Å². The first kappa shape index (κ1) is 7.36. The Morgan fingerprint density at radius 2 is 2.33 bits per heavy atom. The summed E-state index contributed by atoms with van der Waals surface area (Å²) in [6.07, 6.45) is 3.23. The van der Waals surface area contributed by atoms with Gasteiger partial charge in [0.2, 0.25) is 0 Å². The fourth-order valence-electron chi connectivity index (χ4n) is 1.07. The van der Waals surface area contributed by atoms with E-state index < -0.39 is 0 Å². The minimum atomic E-state index is 0.409. The van der Waals surface area contributed by atoms with Crippen LogP contribution in [0, 0.1) is 6.92 Å². The van der Waals surface area contributed by atoms with Crippen molar-refractivity contribution in [2.45, 2.75) is 6.92 Å². The van der Waals surface area contributed by atoms with Gasteiger partial charge in [-0.2, -0.15) is 0 Å². The second-order valence-electron chi connectivity index (χ2n) is 2.52. The summed E-state index contributed by atoms with van der Waals surface area (Å²) in [5.41, 5.74) is 7.23. The third-order valence-corrected chi connectivity index (χ3v) is 1.89. The van der Waals surface area contributed by atoms with E-state index in [0.717, 1.165) is 11.3 Å². The largest absolute Gasteiger partial charge is 0.383 e. The fraction of sp³-hybridized carbons (Fsp3) is 0.143. The highest BCUT2D eigenvalue weighted by Gasteiger charge is 2.04. The highest BCUT2D eigenvalue weighted by Crippen LogP contribution is 2.14. The molecule has 0 aliphatic heterocycles. The Morgan fingerprint density at radius 3 is 3.08 bits per heavy atom. The standard InChI is InChI=1S/C7H7ClN4/c1-4-7(9)12-3-5(8)10-2-6(12)11-4/h2-3H,9H2,1H3. The van der Waals surface area contributed by atoms with Crippen molar-refractivity contribution in [3.8, 4) is 0 Å². The van der Waals surface area contributed by atoms with Crippen LogP contribution in [0.5, 0.6) is 0 Å². The van der Waals surface area contributed by atoms with Gasteiger partial charge in [0.1, 0.15) is 11.0 Å². The summed E-state index contributed by atoms with van der Waals surface area (Å²) < 4.78 is 1.71. The van der Waals surface area contributed by atoms with E-state index in [4.69, 9.17) is 17.3 Å². The molecule has 0 aliphatic carbocycles. The molecule has 0 saturated heterocycles. The molecule has 0 amide bonds. The second kappa shape index (κ2) is 2.35. The lowest BCUT2D eigenvalue weighted by Gasteiger charge is -1.94. The number of anilines is 1. The number of nitrogens with zero attached hydrogens (tertiary/aromatic N) is 3. The zero-order valence-electron chi connectivity index (χ0n) is 6.45. The molecule has 2 heterocycles.